The van der Waals surface area contributed by atoms with Gasteiger partial charge in [0.25, 0.3) is 5.91 Å². The number of furan rings is 1. The van der Waals surface area contributed by atoms with Crippen LogP contribution >= 0.6 is 24.0 Å². The van der Waals surface area contributed by atoms with E-state index in [1.807, 2.05) is 0 Å². The lowest BCUT2D eigenvalue weighted by Gasteiger charge is -2.16. The molecule has 1 saturated heterocycles. The van der Waals surface area contributed by atoms with Crippen molar-refractivity contribution in [3.8, 4) is 0 Å². The molecule has 1 aliphatic heterocycles. The van der Waals surface area contributed by atoms with E-state index < -0.39 is 0 Å². The summed E-state index contributed by atoms with van der Waals surface area (Å²) in [5, 5.41) is 3.02. The number of carbonyl (C=O) groups is 2. The summed E-state index contributed by atoms with van der Waals surface area (Å²) < 4.78 is 5.71. The molecule has 0 spiro atoms. The summed E-state index contributed by atoms with van der Waals surface area (Å²) in [7, 11) is 0. The van der Waals surface area contributed by atoms with Gasteiger partial charge in [0.05, 0.1) is 11.2 Å². The Morgan fingerprint density at radius 1 is 1.48 bits per heavy atom. The monoisotopic (exact) mass is 350 g/mol. The lowest BCUT2D eigenvalue weighted by Crippen LogP contribution is -2.37. The number of nitrogens with one attached hydrogen (secondary N) is 1. The van der Waals surface area contributed by atoms with Crippen molar-refractivity contribution in [2.45, 2.75) is 38.1 Å². The van der Waals surface area contributed by atoms with Crippen molar-refractivity contribution in [3.05, 3.63) is 29.1 Å². The first-order chi connectivity index (χ1) is 11.1. The van der Waals surface area contributed by atoms with E-state index >= 15 is 0 Å². The molecule has 0 bridgehead atoms. The van der Waals surface area contributed by atoms with Crippen LogP contribution in [0.5, 0.6) is 0 Å². The third kappa shape index (κ3) is 4.03. The highest BCUT2D eigenvalue weighted by molar-refractivity contribution is 8.26. The molecule has 23 heavy (non-hydrogen) atoms. The van der Waals surface area contributed by atoms with Gasteiger partial charge in [0.1, 0.15) is 10.1 Å². The molecule has 1 saturated carbocycles. The van der Waals surface area contributed by atoms with Gasteiger partial charge in [0.15, 0.2) is 0 Å². The van der Waals surface area contributed by atoms with E-state index in [0.29, 0.717) is 27.6 Å². The summed E-state index contributed by atoms with van der Waals surface area (Å²) in [6, 6.07) is 3.84. The number of carbonyl (C=O) groups excluding carboxylic acids is 2. The Kier molecular flexibility index (Phi) is 5.17. The Balaban J connectivity index is 1.54. The van der Waals surface area contributed by atoms with Gasteiger partial charge in [0, 0.05) is 25.1 Å². The Bertz CT molecular complexity index is 634. The van der Waals surface area contributed by atoms with Crippen molar-refractivity contribution in [2.75, 3.05) is 6.54 Å². The fraction of sp³-hybridized carbons (Fsp3) is 0.438. The number of nitrogens with zero attached hydrogens (tertiary/aromatic N) is 1. The smallest absolute Gasteiger partial charge is 0.266 e. The molecule has 1 N–H and O–H groups in total. The predicted octanol–water partition coefficient (Wildman–Crippen LogP) is 2.93. The lowest BCUT2D eigenvalue weighted by molar-refractivity contribution is -0.124. The molecule has 5 nitrogen and oxygen atoms in total. The number of thioether (sulfide) groups is 1. The second-order valence-electron chi connectivity index (χ2n) is 5.65. The first-order valence-corrected chi connectivity index (χ1v) is 8.94. The van der Waals surface area contributed by atoms with Gasteiger partial charge in [-0.15, -0.1) is 0 Å². The second kappa shape index (κ2) is 7.31. The number of amides is 2. The highest BCUT2D eigenvalue weighted by Crippen LogP contribution is 2.32. The fourth-order valence-corrected chi connectivity index (χ4v) is 4.07. The van der Waals surface area contributed by atoms with Gasteiger partial charge in [-0.1, -0.05) is 36.8 Å². The maximum absolute atomic E-state index is 12.4. The Morgan fingerprint density at radius 3 is 2.96 bits per heavy atom. The zero-order valence-electron chi connectivity index (χ0n) is 12.6. The minimum absolute atomic E-state index is 0.0130. The molecule has 1 aromatic rings. The normalized spacial score (nSPS) is 20.7. The van der Waals surface area contributed by atoms with Crippen LogP contribution in [0.2, 0.25) is 0 Å². The summed E-state index contributed by atoms with van der Waals surface area (Å²) >= 11 is 6.49. The van der Waals surface area contributed by atoms with Crippen LogP contribution < -0.4 is 5.32 Å². The molecule has 0 radical (unpaired) electrons. The van der Waals surface area contributed by atoms with Crippen molar-refractivity contribution in [1.82, 2.24) is 10.2 Å². The first kappa shape index (κ1) is 16.3. The minimum Gasteiger partial charge on any atom is -0.465 e. The van der Waals surface area contributed by atoms with Gasteiger partial charge < -0.3 is 9.73 Å². The van der Waals surface area contributed by atoms with E-state index in [2.05, 4.69) is 5.32 Å². The quantitative estimate of drug-likeness (QED) is 0.653. The highest BCUT2D eigenvalue weighted by atomic mass is 32.2. The zero-order chi connectivity index (χ0) is 16.2. The van der Waals surface area contributed by atoms with Crippen LogP contribution in [0.25, 0.3) is 6.08 Å². The Hall–Kier alpha value is -1.60. The number of thiocarbonyl (C=S) groups is 1. The second-order valence-corrected chi connectivity index (χ2v) is 7.32. The van der Waals surface area contributed by atoms with E-state index in [1.54, 1.807) is 24.5 Å². The van der Waals surface area contributed by atoms with Gasteiger partial charge in [-0.25, -0.2) is 0 Å². The highest BCUT2D eigenvalue weighted by Gasteiger charge is 2.32. The Morgan fingerprint density at radius 2 is 2.26 bits per heavy atom. The van der Waals surface area contributed by atoms with Crippen LogP contribution in [-0.4, -0.2) is 33.6 Å². The predicted molar refractivity (Wildman–Crippen MR) is 93.6 cm³/mol. The summed E-state index contributed by atoms with van der Waals surface area (Å²) in [5.74, 6) is 0.440. The molecule has 0 atom stereocenters. The van der Waals surface area contributed by atoms with E-state index in [9.17, 15) is 9.59 Å². The largest absolute Gasteiger partial charge is 0.465 e. The van der Waals surface area contributed by atoms with Gasteiger partial charge in [-0.05, 0) is 25.0 Å². The zero-order valence-corrected chi connectivity index (χ0v) is 14.3. The summed E-state index contributed by atoms with van der Waals surface area (Å²) in [5.41, 5.74) is 0. The summed E-state index contributed by atoms with van der Waals surface area (Å²) in [6.45, 7) is 0.318. The average molecular weight is 350 g/mol. The maximum atomic E-state index is 12.4. The van der Waals surface area contributed by atoms with Crippen molar-refractivity contribution in [3.63, 3.8) is 0 Å². The molecule has 2 aliphatic rings. The molecule has 1 aromatic heterocycles. The molecule has 3 rings (SSSR count). The number of rotatable bonds is 5. The van der Waals surface area contributed by atoms with E-state index in [1.165, 1.54) is 29.5 Å². The van der Waals surface area contributed by atoms with Crippen molar-refractivity contribution in [1.29, 1.82) is 0 Å². The molecular formula is C16H18N2O3S2. The molecular weight excluding hydrogens is 332 g/mol. The molecule has 2 amide bonds. The van der Waals surface area contributed by atoms with Gasteiger partial charge in [-0.3, -0.25) is 14.5 Å². The van der Waals surface area contributed by atoms with Gasteiger partial charge in [0.2, 0.25) is 5.91 Å². The maximum Gasteiger partial charge on any atom is 0.266 e. The molecule has 0 unspecified atom stereocenters. The van der Waals surface area contributed by atoms with Crippen molar-refractivity contribution < 1.29 is 14.0 Å². The first-order valence-electron chi connectivity index (χ1n) is 7.72. The third-order valence-electron chi connectivity index (χ3n) is 3.97. The summed E-state index contributed by atoms with van der Waals surface area (Å²) in [4.78, 5) is 26.4. The van der Waals surface area contributed by atoms with E-state index in [4.69, 9.17) is 16.6 Å². The molecule has 0 aromatic carbocycles. The standard InChI is InChI=1S/C16H18N2O3S2/c19-14(17-11-4-1-2-5-11)7-8-18-15(20)13(23-16(18)22)10-12-6-3-9-21-12/h3,6,9-11H,1-2,4-5,7-8H2,(H,17,19). The molecule has 122 valence electrons. The number of hydrogen-bond donors (Lipinski definition) is 1. The molecule has 2 fully saturated rings. The Labute approximate surface area is 144 Å². The molecule has 1 aliphatic carbocycles. The van der Waals surface area contributed by atoms with Crippen LogP contribution in [0.15, 0.2) is 27.7 Å². The fourth-order valence-electron chi connectivity index (χ4n) is 2.78. The van der Waals surface area contributed by atoms with Crippen LogP contribution in [0.4, 0.5) is 0 Å². The molecule has 7 heteroatoms. The minimum atomic E-state index is -0.162. The molecule has 2 heterocycles. The van der Waals surface area contributed by atoms with Gasteiger partial charge >= 0.3 is 0 Å². The van der Waals surface area contributed by atoms with Crippen LogP contribution in [0, 0.1) is 0 Å². The SMILES string of the molecule is O=C(CCN1C(=O)C(=Cc2ccco2)SC1=S)NC1CCCC1. The van der Waals surface area contributed by atoms with Crippen molar-refractivity contribution in [2.24, 2.45) is 0 Å². The van der Waals surface area contributed by atoms with Crippen molar-refractivity contribution >= 4 is 46.2 Å². The topological polar surface area (TPSA) is 62.6 Å². The van der Waals surface area contributed by atoms with E-state index in [-0.39, 0.29) is 18.2 Å². The number of hydrogen-bond acceptors (Lipinski definition) is 5. The average Bonchev–Trinajstić information content (AvgIpc) is 3.23. The summed E-state index contributed by atoms with van der Waals surface area (Å²) in [6.07, 6.45) is 7.97. The lowest BCUT2D eigenvalue weighted by atomic mass is 10.2. The van der Waals surface area contributed by atoms with Gasteiger partial charge in [-0.2, -0.15) is 0 Å². The van der Waals surface area contributed by atoms with E-state index in [0.717, 1.165) is 12.8 Å². The van der Waals surface area contributed by atoms with Crippen LogP contribution in [0.3, 0.4) is 0 Å². The van der Waals surface area contributed by atoms with Crippen LogP contribution in [0.1, 0.15) is 37.9 Å². The van der Waals surface area contributed by atoms with Crippen LogP contribution in [-0.2, 0) is 9.59 Å². The third-order valence-corrected chi connectivity index (χ3v) is 5.35.